The molecule has 0 aromatic carbocycles. The second kappa shape index (κ2) is 5.67. The van der Waals surface area contributed by atoms with Gasteiger partial charge in [0.05, 0.1) is 11.8 Å². The van der Waals surface area contributed by atoms with Gasteiger partial charge in [-0.15, -0.1) is 0 Å². The van der Waals surface area contributed by atoms with Crippen molar-refractivity contribution in [1.82, 2.24) is 10.2 Å². The van der Waals surface area contributed by atoms with Crippen LogP contribution in [0.2, 0.25) is 0 Å². The van der Waals surface area contributed by atoms with Gasteiger partial charge in [0.1, 0.15) is 0 Å². The predicted octanol–water partition coefficient (Wildman–Crippen LogP) is 3.03. The first kappa shape index (κ1) is 14.6. The number of furan rings is 1. The molecule has 0 aliphatic carbocycles. The Kier molecular flexibility index (Phi) is 4.36. The molecule has 0 spiro atoms. The normalized spacial score (nSPS) is 18.5. The zero-order valence-corrected chi connectivity index (χ0v) is 13.3. The van der Waals surface area contributed by atoms with Crippen molar-refractivity contribution in [2.45, 2.75) is 45.2 Å². The number of rotatable bonds is 2. The van der Waals surface area contributed by atoms with Gasteiger partial charge in [-0.1, -0.05) is 0 Å². The average molecular weight is 329 g/mol. The first-order valence-electron chi connectivity index (χ1n) is 6.67. The molecule has 1 saturated heterocycles. The molecule has 1 aromatic heterocycles. The van der Waals surface area contributed by atoms with Crippen molar-refractivity contribution in [2.24, 2.45) is 0 Å². The largest absolute Gasteiger partial charge is 0.457 e. The van der Waals surface area contributed by atoms with Gasteiger partial charge in [0.15, 0.2) is 4.67 Å². The second-order valence-electron chi connectivity index (χ2n) is 6.01. The molecule has 0 bridgehead atoms. The average Bonchev–Trinajstić information content (AvgIpc) is 2.75. The number of halogens is 1. The van der Waals surface area contributed by atoms with E-state index in [4.69, 9.17) is 4.42 Å². The molecule has 2 rings (SSSR count). The maximum atomic E-state index is 12.1. The lowest BCUT2D eigenvalue weighted by molar-refractivity contribution is 0.0811. The third-order valence-electron chi connectivity index (χ3n) is 3.64. The Morgan fingerprint density at radius 2 is 2.05 bits per heavy atom. The Balaban J connectivity index is 1.86. The van der Waals surface area contributed by atoms with Crippen molar-refractivity contribution < 1.29 is 9.21 Å². The lowest BCUT2D eigenvalue weighted by Gasteiger charge is -2.41. The van der Waals surface area contributed by atoms with Crippen molar-refractivity contribution in [3.05, 3.63) is 22.6 Å². The maximum absolute atomic E-state index is 12.1. The molecule has 0 radical (unpaired) electrons. The summed E-state index contributed by atoms with van der Waals surface area (Å²) in [6, 6.07) is 1.94. The summed E-state index contributed by atoms with van der Waals surface area (Å²) in [5.41, 5.74) is 0.779. The van der Waals surface area contributed by atoms with Gasteiger partial charge in [0.2, 0.25) is 0 Å². The number of carbonyl (C=O) groups excluding carboxylic acids is 1. The van der Waals surface area contributed by atoms with Crippen molar-refractivity contribution in [2.75, 3.05) is 13.1 Å². The number of piperidine rings is 1. The Labute approximate surface area is 122 Å². The first-order chi connectivity index (χ1) is 8.88. The van der Waals surface area contributed by atoms with E-state index in [-0.39, 0.29) is 17.5 Å². The van der Waals surface area contributed by atoms with Gasteiger partial charge in [-0.25, -0.2) is 0 Å². The lowest BCUT2D eigenvalue weighted by Crippen LogP contribution is -2.50. The van der Waals surface area contributed by atoms with Gasteiger partial charge in [-0.05, 0) is 55.6 Å². The third-order valence-corrected chi connectivity index (χ3v) is 4.26. The van der Waals surface area contributed by atoms with Crippen molar-refractivity contribution in [3.8, 4) is 0 Å². The van der Waals surface area contributed by atoms with Crippen LogP contribution in [0.25, 0.3) is 0 Å². The van der Waals surface area contributed by atoms with E-state index in [1.165, 1.54) is 6.26 Å². The summed E-state index contributed by atoms with van der Waals surface area (Å²) in [5, 5.41) is 3.08. The fourth-order valence-electron chi connectivity index (χ4n) is 2.41. The minimum Gasteiger partial charge on any atom is -0.457 e. The predicted molar refractivity (Wildman–Crippen MR) is 78.2 cm³/mol. The molecular weight excluding hydrogens is 308 g/mol. The SMILES string of the molecule is CC(C)(C)N1CCC(NC(=O)c2ccoc2Br)CC1. The first-order valence-corrected chi connectivity index (χ1v) is 7.46. The van der Waals surface area contributed by atoms with Crippen LogP contribution < -0.4 is 5.32 Å². The fourth-order valence-corrected chi connectivity index (χ4v) is 2.83. The quantitative estimate of drug-likeness (QED) is 0.907. The molecule has 19 heavy (non-hydrogen) atoms. The van der Waals surface area contributed by atoms with E-state index in [0.29, 0.717) is 10.2 Å². The zero-order valence-electron chi connectivity index (χ0n) is 11.7. The van der Waals surface area contributed by atoms with E-state index in [9.17, 15) is 4.79 Å². The Morgan fingerprint density at radius 1 is 1.42 bits per heavy atom. The molecule has 5 heteroatoms. The van der Waals surface area contributed by atoms with E-state index in [1.54, 1.807) is 6.07 Å². The monoisotopic (exact) mass is 328 g/mol. The molecule has 1 amide bonds. The third kappa shape index (κ3) is 3.60. The molecule has 1 aromatic rings. The van der Waals surface area contributed by atoms with Crippen molar-refractivity contribution >= 4 is 21.8 Å². The minimum absolute atomic E-state index is 0.0603. The number of carbonyl (C=O) groups is 1. The summed E-state index contributed by atoms with van der Waals surface area (Å²) in [7, 11) is 0. The number of nitrogens with one attached hydrogen (secondary N) is 1. The second-order valence-corrected chi connectivity index (χ2v) is 6.73. The Morgan fingerprint density at radius 3 is 2.53 bits per heavy atom. The number of hydrogen-bond acceptors (Lipinski definition) is 3. The van der Waals surface area contributed by atoms with Crippen LogP contribution in [0.15, 0.2) is 21.4 Å². The fraction of sp³-hybridized carbons (Fsp3) is 0.643. The van der Waals surface area contributed by atoms with E-state index in [2.05, 4.69) is 46.9 Å². The smallest absolute Gasteiger partial charge is 0.255 e. The van der Waals surface area contributed by atoms with Gasteiger partial charge in [0, 0.05) is 24.7 Å². The van der Waals surface area contributed by atoms with Gasteiger partial charge < -0.3 is 9.73 Å². The molecule has 0 unspecified atom stereocenters. The van der Waals surface area contributed by atoms with Crippen LogP contribution in [0.5, 0.6) is 0 Å². The highest BCUT2D eigenvalue weighted by molar-refractivity contribution is 9.10. The van der Waals surface area contributed by atoms with Gasteiger partial charge >= 0.3 is 0 Å². The zero-order chi connectivity index (χ0) is 14.0. The molecule has 1 N–H and O–H groups in total. The molecule has 0 atom stereocenters. The van der Waals surface area contributed by atoms with Crippen LogP contribution in [0.1, 0.15) is 44.0 Å². The number of amides is 1. The van der Waals surface area contributed by atoms with Crippen molar-refractivity contribution in [1.29, 1.82) is 0 Å². The molecule has 0 saturated carbocycles. The van der Waals surface area contributed by atoms with E-state index >= 15 is 0 Å². The summed E-state index contributed by atoms with van der Waals surface area (Å²) in [5.74, 6) is -0.0603. The summed E-state index contributed by atoms with van der Waals surface area (Å²) in [6.07, 6.45) is 3.51. The van der Waals surface area contributed by atoms with Gasteiger partial charge in [-0.3, -0.25) is 9.69 Å². The summed E-state index contributed by atoms with van der Waals surface area (Å²) in [6.45, 7) is 8.75. The summed E-state index contributed by atoms with van der Waals surface area (Å²) in [4.78, 5) is 14.5. The minimum atomic E-state index is -0.0603. The van der Waals surface area contributed by atoms with Crippen molar-refractivity contribution in [3.63, 3.8) is 0 Å². The van der Waals surface area contributed by atoms with Crippen LogP contribution in [0, 0.1) is 0 Å². The lowest BCUT2D eigenvalue weighted by atomic mass is 9.98. The highest BCUT2D eigenvalue weighted by atomic mass is 79.9. The molecule has 1 aliphatic rings. The molecule has 1 fully saturated rings. The van der Waals surface area contributed by atoms with Crippen LogP contribution in [-0.4, -0.2) is 35.5 Å². The molecule has 1 aliphatic heterocycles. The molecular formula is C14H21BrN2O2. The number of likely N-dealkylation sites (tertiary alicyclic amines) is 1. The van der Waals surface area contributed by atoms with Crippen LogP contribution in [-0.2, 0) is 0 Å². The van der Waals surface area contributed by atoms with Crippen LogP contribution in [0.3, 0.4) is 0 Å². The molecule has 106 valence electrons. The maximum Gasteiger partial charge on any atom is 0.255 e. The van der Waals surface area contributed by atoms with E-state index in [0.717, 1.165) is 25.9 Å². The van der Waals surface area contributed by atoms with Gasteiger partial charge in [-0.2, -0.15) is 0 Å². The highest BCUT2D eigenvalue weighted by Gasteiger charge is 2.28. The summed E-state index contributed by atoms with van der Waals surface area (Å²) >= 11 is 3.23. The van der Waals surface area contributed by atoms with Gasteiger partial charge in [0.25, 0.3) is 5.91 Å². The summed E-state index contributed by atoms with van der Waals surface area (Å²) < 4.78 is 5.58. The molecule has 4 nitrogen and oxygen atoms in total. The molecule has 2 heterocycles. The van der Waals surface area contributed by atoms with E-state index < -0.39 is 0 Å². The topological polar surface area (TPSA) is 45.5 Å². The van der Waals surface area contributed by atoms with E-state index in [1.807, 2.05) is 0 Å². The van der Waals surface area contributed by atoms with Crippen LogP contribution >= 0.6 is 15.9 Å². The highest BCUT2D eigenvalue weighted by Crippen LogP contribution is 2.21. The number of hydrogen-bond donors (Lipinski definition) is 1. The Hall–Kier alpha value is -0.810. The Bertz CT molecular complexity index is 443. The standard InChI is InChI=1S/C14H21BrN2O2/c1-14(2,3)17-7-4-10(5-8-17)16-13(18)11-6-9-19-12(11)15/h6,9-10H,4-5,7-8H2,1-3H3,(H,16,18). The van der Waals surface area contributed by atoms with Crippen LogP contribution in [0.4, 0.5) is 0 Å². The number of nitrogens with zero attached hydrogens (tertiary/aromatic N) is 1.